The van der Waals surface area contributed by atoms with Gasteiger partial charge in [-0.3, -0.25) is 9.36 Å². The van der Waals surface area contributed by atoms with Gasteiger partial charge in [0.1, 0.15) is 5.70 Å². The molecule has 0 bridgehead atoms. The number of allylic oxidation sites excluding steroid dienone is 6. The average molecular weight is 510 g/mol. The molecule has 0 N–H and O–H groups in total. The molecule has 2 aliphatic rings. The Hall–Kier alpha value is -5.51. The topological polar surface area (TPSA) is 26.9 Å². The van der Waals surface area contributed by atoms with E-state index in [4.69, 9.17) is 0 Å². The molecular weight excluding hydrogens is 488 g/mol. The molecule has 2 aromatic heterocycles. The zero-order valence-electron chi connectivity index (χ0n) is 21.5. The highest BCUT2D eigenvalue weighted by atomic mass is 16.1. The van der Waals surface area contributed by atoms with Gasteiger partial charge in [0.05, 0.1) is 33.7 Å². The van der Waals surface area contributed by atoms with Crippen molar-refractivity contribution >= 4 is 44.0 Å². The van der Waals surface area contributed by atoms with E-state index in [9.17, 15) is 4.79 Å². The summed E-state index contributed by atoms with van der Waals surface area (Å²) in [5.74, 6) is 0. The molecule has 6 aromatic rings. The van der Waals surface area contributed by atoms with E-state index in [1.807, 2.05) is 53.1 Å². The van der Waals surface area contributed by atoms with Crippen molar-refractivity contribution in [1.82, 2.24) is 9.13 Å². The van der Waals surface area contributed by atoms with E-state index in [0.717, 1.165) is 62.5 Å². The highest BCUT2D eigenvalue weighted by molar-refractivity contribution is 6.23. The van der Waals surface area contributed by atoms with Crippen LogP contribution in [0.2, 0.25) is 0 Å². The largest absolute Gasteiger partial charge is 0.301 e. The SMILES string of the molecule is O=c1c2cccc3c2c2c(cccc2n3C2=C=C=C=C=[C]2)n1-c1cc(C2=CCCC=C2)cc(-c2ccccc2)c1. The minimum absolute atomic E-state index is 0.0415. The Bertz CT molecular complexity index is 2320. The maximum absolute atomic E-state index is 14.4. The van der Waals surface area contributed by atoms with Crippen LogP contribution in [-0.4, -0.2) is 9.13 Å². The number of hydrogen-bond acceptors (Lipinski definition) is 1. The number of benzene rings is 4. The predicted molar refractivity (Wildman–Crippen MR) is 163 cm³/mol. The summed E-state index contributed by atoms with van der Waals surface area (Å²) in [5.41, 5.74) is 20.4. The van der Waals surface area contributed by atoms with Gasteiger partial charge in [-0.1, -0.05) is 60.7 Å². The Morgan fingerprint density at radius 3 is 2.20 bits per heavy atom. The van der Waals surface area contributed by atoms with Crippen molar-refractivity contribution in [2.24, 2.45) is 0 Å². The highest BCUT2D eigenvalue weighted by Crippen LogP contribution is 2.39. The molecule has 0 saturated heterocycles. The maximum atomic E-state index is 14.4. The summed E-state index contributed by atoms with van der Waals surface area (Å²) >= 11 is 0. The van der Waals surface area contributed by atoms with Gasteiger partial charge in [-0.05, 0) is 100 Å². The molecular formula is C37H21N2O. The summed E-state index contributed by atoms with van der Waals surface area (Å²) in [6.45, 7) is 0. The van der Waals surface area contributed by atoms with E-state index in [2.05, 4.69) is 88.2 Å². The second-order valence-electron chi connectivity index (χ2n) is 10.1. The Kier molecular flexibility index (Phi) is 4.93. The van der Waals surface area contributed by atoms with Crippen LogP contribution >= 0.6 is 0 Å². The van der Waals surface area contributed by atoms with Gasteiger partial charge in [0.25, 0.3) is 5.56 Å². The summed E-state index contributed by atoms with van der Waals surface area (Å²) in [6.07, 6.45) is 11.9. The molecule has 0 spiro atoms. The van der Waals surface area contributed by atoms with Crippen molar-refractivity contribution in [1.29, 1.82) is 0 Å². The first-order chi connectivity index (χ1) is 19.8. The molecule has 2 heterocycles. The quantitative estimate of drug-likeness (QED) is 0.174. The molecule has 8 rings (SSSR count). The Morgan fingerprint density at radius 1 is 0.650 bits per heavy atom. The van der Waals surface area contributed by atoms with Crippen molar-refractivity contribution in [3.8, 4) is 16.8 Å². The number of aromatic nitrogens is 2. The first-order valence-electron chi connectivity index (χ1n) is 13.4. The minimum atomic E-state index is -0.0415. The van der Waals surface area contributed by atoms with Crippen LogP contribution in [0.5, 0.6) is 0 Å². The summed E-state index contributed by atoms with van der Waals surface area (Å²) in [5, 5.41) is 2.66. The van der Waals surface area contributed by atoms with E-state index in [0.29, 0.717) is 11.1 Å². The van der Waals surface area contributed by atoms with Crippen LogP contribution < -0.4 is 5.56 Å². The van der Waals surface area contributed by atoms with Crippen LogP contribution in [0.15, 0.2) is 131 Å². The maximum Gasteiger partial charge on any atom is 0.263 e. The van der Waals surface area contributed by atoms with Crippen molar-refractivity contribution < 1.29 is 0 Å². The van der Waals surface area contributed by atoms with Gasteiger partial charge in [0, 0.05) is 10.8 Å². The fourth-order valence-corrected chi connectivity index (χ4v) is 6.07. The van der Waals surface area contributed by atoms with Crippen LogP contribution in [0.4, 0.5) is 0 Å². The number of nitrogens with zero attached hydrogens (tertiary/aromatic N) is 2. The van der Waals surface area contributed by atoms with E-state index >= 15 is 0 Å². The van der Waals surface area contributed by atoms with Crippen LogP contribution in [0, 0.1) is 6.08 Å². The number of hydrogen-bond donors (Lipinski definition) is 0. The van der Waals surface area contributed by atoms with Gasteiger partial charge in [-0.15, -0.1) is 0 Å². The molecule has 1 radical (unpaired) electrons. The Balaban J connectivity index is 1.49. The first-order valence-corrected chi connectivity index (χ1v) is 13.4. The summed E-state index contributed by atoms with van der Waals surface area (Å²) in [6, 6.07) is 28.9. The van der Waals surface area contributed by atoms with Crippen LogP contribution in [-0.2, 0) is 0 Å². The zero-order valence-corrected chi connectivity index (χ0v) is 21.5. The summed E-state index contributed by atoms with van der Waals surface area (Å²) in [4.78, 5) is 14.4. The summed E-state index contributed by atoms with van der Waals surface area (Å²) in [7, 11) is 0. The fourth-order valence-electron chi connectivity index (χ4n) is 6.07. The highest BCUT2D eigenvalue weighted by Gasteiger charge is 2.22. The molecule has 40 heavy (non-hydrogen) atoms. The van der Waals surface area contributed by atoms with Crippen LogP contribution in [0.1, 0.15) is 18.4 Å². The zero-order chi connectivity index (χ0) is 26.6. The van der Waals surface area contributed by atoms with Crippen molar-refractivity contribution in [2.75, 3.05) is 0 Å². The fraction of sp³-hybridized carbons (Fsp3) is 0.0541. The lowest BCUT2D eigenvalue weighted by molar-refractivity contribution is 1.04. The van der Waals surface area contributed by atoms with E-state index < -0.39 is 0 Å². The molecule has 2 aliphatic carbocycles. The lowest BCUT2D eigenvalue weighted by atomic mass is 9.94. The lowest BCUT2D eigenvalue weighted by Gasteiger charge is -2.17. The Labute approximate surface area is 230 Å². The van der Waals surface area contributed by atoms with Gasteiger partial charge in [0.2, 0.25) is 0 Å². The van der Waals surface area contributed by atoms with Crippen molar-refractivity contribution in [2.45, 2.75) is 12.8 Å². The van der Waals surface area contributed by atoms with E-state index in [1.165, 1.54) is 5.57 Å². The third-order valence-electron chi connectivity index (χ3n) is 7.79. The molecule has 4 aromatic carbocycles. The lowest BCUT2D eigenvalue weighted by Crippen LogP contribution is -2.19. The standard InChI is InChI=1S/C37H21N2O/c40-37-31-18-10-19-32-35(31)36-33(38(32)29-16-8-3-9-17-29)20-11-21-34(36)39(37)30-23-27(25-12-4-1-5-13-25)22-28(24-30)26-14-6-2-7-15-26/h1,4-6,10-15,18-24H,2,7H2. The van der Waals surface area contributed by atoms with E-state index in [1.54, 1.807) is 0 Å². The predicted octanol–water partition coefficient (Wildman–Crippen LogP) is 8.21. The van der Waals surface area contributed by atoms with Crippen LogP contribution in [0.3, 0.4) is 0 Å². The van der Waals surface area contributed by atoms with Gasteiger partial charge in [-0.25, -0.2) is 0 Å². The molecule has 3 heteroatoms. The minimum Gasteiger partial charge on any atom is -0.301 e. The molecule has 0 unspecified atom stereocenters. The van der Waals surface area contributed by atoms with Gasteiger partial charge < -0.3 is 4.57 Å². The molecule has 185 valence electrons. The average Bonchev–Trinajstić information content (AvgIpc) is 3.37. The first kappa shape index (κ1) is 22.5. The monoisotopic (exact) mass is 509 g/mol. The molecule has 3 nitrogen and oxygen atoms in total. The second-order valence-corrected chi connectivity index (χ2v) is 10.1. The molecule has 0 saturated carbocycles. The smallest absolute Gasteiger partial charge is 0.263 e. The van der Waals surface area contributed by atoms with E-state index in [-0.39, 0.29) is 5.56 Å². The van der Waals surface area contributed by atoms with Gasteiger partial charge >= 0.3 is 0 Å². The normalized spacial score (nSPS) is 14.1. The molecule has 0 fully saturated rings. The summed E-state index contributed by atoms with van der Waals surface area (Å²) < 4.78 is 3.96. The third-order valence-corrected chi connectivity index (χ3v) is 7.79. The van der Waals surface area contributed by atoms with Crippen molar-refractivity contribution in [3.05, 3.63) is 148 Å². The molecule has 0 amide bonds. The third kappa shape index (κ3) is 3.32. The van der Waals surface area contributed by atoms with Crippen LogP contribution in [0.25, 0.3) is 60.8 Å². The number of rotatable bonds is 4. The van der Waals surface area contributed by atoms with Gasteiger partial charge in [-0.2, -0.15) is 0 Å². The molecule has 0 aliphatic heterocycles. The van der Waals surface area contributed by atoms with Crippen molar-refractivity contribution in [3.63, 3.8) is 0 Å². The van der Waals surface area contributed by atoms with Gasteiger partial charge in [0.15, 0.2) is 0 Å². The molecule has 0 atom stereocenters. The Morgan fingerprint density at radius 2 is 1.43 bits per heavy atom. The second kappa shape index (κ2) is 8.77. The number of pyridine rings is 1.